The number of carbonyl (C=O) groups excluding carboxylic acids is 1. The van der Waals surface area contributed by atoms with Crippen molar-refractivity contribution in [3.8, 4) is 6.07 Å². The zero-order valence-corrected chi connectivity index (χ0v) is 13.2. The maximum Gasteiger partial charge on any atom is 0.243 e. The van der Waals surface area contributed by atoms with Gasteiger partial charge in [0.15, 0.2) is 0 Å². The molecule has 1 aromatic heterocycles. The van der Waals surface area contributed by atoms with Crippen LogP contribution in [0.1, 0.15) is 5.56 Å². The van der Waals surface area contributed by atoms with Gasteiger partial charge in [-0.25, -0.2) is 4.98 Å². The average Bonchev–Trinajstić information content (AvgIpc) is 2.50. The van der Waals surface area contributed by atoms with Crippen molar-refractivity contribution in [2.45, 2.75) is 0 Å². The van der Waals surface area contributed by atoms with Crippen molar-refractivity contribution in [1.82, 2.24) is 4.98 Å². The Morgan fingerprint density at radius 2 is 2.14 bits per heavy atom. The molecular formula is C15H12Cl2N4O. The summed E-state index contributed by atoms with van der Waals surface area (Å²) in [6.07, 6.45) is 1.57. The molecule has 1 aromatic carbocycles. The Morgan fingerprint density at radius 1 is 1.36 bits per heavy atom. The fraction of sp³-hybridized carbons (Fsp3) is 0.133. The Morgan fingerprint density at radius 3 is 2.82 bits per heavy atom. The molecule has 0 unspecified atom stereocenters. The Balaban J connectivity index is 2.05. The summed E-state index contributed by atoms with van der Waals surface area (Å²) in [5.41, 5.74) is 0.960. The highest BCUT2D eigenvalue weighted by atomic mass is 35.5. The van der Waals surface area contributed by atoms with Crippen molar-refractivity contribution < 1.29 is 4.79 Å². The summed E-state index contributed by atoms with van der Waals surface area (Å²) < 4.78 is 0. The molecule has 0 atom stereocenters. The molecular weight excluding hydrogens is 323 g/mol. The number of nitrogens with one attached hydrogen (secondary N) is 1. The van der Waals surface area contributed by atoms with Gasteiger partial charge in [-0.1, -0.05) is 23.2 Å². The molecule has 0 saturated heterocycles. The maximum absolute atomic E-state index is 12.1. The number of nitrogens with zero attached hydrogens (tertiary/aromatic N) is 3. The van der Waals surface area contributed by atoms with Gasteiger partial charge in [0.1, 0.15) is 11.9 Å². The Hall–Kier alpha value is -2.29. The standard InChI is InChI=1S/C15H12Cl2N4O/c1-21(15-10(8-18)3-2-6-19-15)9-14(22)20-11-4-5-12(16)13(17)7-11/h2-7H,9H2,1H3,(H,20,22). The number of pyridine rings is 1. The number of carbonyl (C=O) groups is 1. The molecule has 1 heterocycles. The van der Waals surface area contributed by atoms with Crippen LogP contribution in [0.4, 0.5) is 11.5 Å². The lowest BCUT2D eigenvalue weighted by Crippen LogP contribution is -2.31. The van der Waals surface area contributed by atoms with Gasteiger partial charge in [0.25, 0.3) is 0 Å². The van der Waals surface area contributed by atoms with Gasteiger partial charge < -0.3 is 10.2 Å². The van der Waals surface area contributed by atoms with Crippen LogP contribution in [0.5, 0.6) is 0 Å². The third kappa shape index (κ3) is 3.88. The molecule has 1 N–H and O–H groups in total. The normalized spacial score (nSPS) is 9.91. The van der Waals surface area contributed by atoms with Gasteiger partial charge in [0.2, 0.25) is 5.91 Å². The number of hydrogen-bond acceptors (Lipinski definition) is 4. The highest BCUT2D eigenvalue weighted by Crippen LogP contribution is 2.25. The first-order chi connectivity index (χ1) is 10.5. The zero-order valence-electron chi connectivity index (χ0n) is 11.7. The molecule has 2 rings (SSSR count). The van der Waals surface area contributed by atoms with Gasteiger partial charge >= 0.3 is 0 Å². The number of nitriles is 1. The van der Waals surface area contributed by atoms with Crippen LogP contribution in [-0.4, -0.2) is 24.5 Å². The van der Waals surface area contributed by atoms with E-state index in [1.54, 1.807) is 48.5 Å². The minimum Gasteiger partial charge on any atom is -0.349 e. The predicted molar refractivity (Wildman–Crippen MR) is 87.3 cm³/mol. The molecule has 0 radical (unpaired) electrons. The maximum atomic E-state index is 12.1. The summed E-state index contributed by atoms with van der Waals surface area (Å²) in [6, 6.07) is 10.2. The number of likely N-dealkylation sites (N-methyl/N-ethyl adjacent to an activating group) is 1. The first kappa shape index (κ1) is 16.1. The summed E-state index contributed by atoms with van der Waals surface area (Å²) in [5, 5.41) is 12.5. The van der Waals surface area contributed by atoms with Crippen LogP contribution in [0.3, 0.4) is 0 Å². The fourth-order valence-corrected chi connectivity index (χ4v) is 2.15. The van der Waals surface area contributed by atoms with Crippen molar-refractivity contribution >= 4 is 40.6 Å². The predicted octanol–water partition coefficient (Wildman–Crippen LogP) is 3.33. The lowest BCUT2D eigenvalue weighted by Gasteiger charge is -2.18. The monoisotopic (exact) mass is 334 g/mol. The van der Waals surface area contributed by atoms with E-state index in [0.29, 0.717) is 27.1 Å². The van der Waals surface area contributed by atoms with E-state index in [0.717, 1.165) is 0 Å². The number of aromatic nitrogens is 1. The van der Waals surface area contributed by atoms with Crippen LogP contribution in [0.15, 0.2) is 36.5 Å². The van der Waals surface area contributed by atoms with Crippen molar-refractivity contribution in [1.29, 1.82) is 5.26 Å². The van der Waals surface area contributed by atoms with Crippen molar-refractivity contribution in [2.24, 2.45) is 0 Å². The highest BCUT2D eigenvalue weighted by molar-refractivity contribution is 6.42. The molecule has 0 aliphatic heterocycles. The second kappa shape index (κ2) is 7.12. The van der Waals surface area contributed by atoms with Gasteiger partial charge in [0.05, 0.1) is 22.2 Å². The van der Waals surface area contributed by atoms with E-state index in [1.807, 2.05) is 6.07 Å². The summed E-state index contributed by atoms with van der Waals surface area (Å²) >= 11 is 11.7. The van der Waals surface area contributed by atoms with Crippen LogP contribution in [0, 0.1) is 11.3 Å². The molecule has 0 fully saturated rings. The molecule has 2 aromatic rings. The first-order valence-corrected chi connectivity index (χ1v) is 7.08. The van der Waals surface area contributed by atoms with Crippen molar-refractivity contribution in [3.05, 3.63) is 52.1 Å². The fourth-order valence-electron chi connectivity index (χ4n) is 1.85. The Bertz CT molecular complexity index is 743. The van der Waals surface area contributed by atoms with E-state index in [9.17, 15) is 4.79 Å². The van der Waals surface area contributed by atoms with E-state index in [2.05, 4.69) is 10.3 Å². The summed E-state index contributed by atoms with van der Waals surface area (Å²) in [6.45, 7) is 0.0476. The molecule has 1 amide bonds. The largest absolute Gasteiger partial charge is 0.349 e. The smallest absolute Gasteiger partial charge is 0.243 e. The molecule has 0 bridgehead atoms. The Kier molecular flexibility index (Phi) is 5.21. The van der Waals surface area contributed by atoms with E-state index < -0.39 is 0 Å². The summed E-state index contributed by atoms with van der Waals surface area (Å²) in [5.74, 6) is 0.199. The second-order valence-electron chi connectivity index (χ2n) is 4.52. The minimum atomic E-state index is -0.254. The van der Waals surface area contributed by atoms with Crippen LogP contribution < -0.4 is 10.2 Å². The number of rotatable bonds is 4. The van der Waals surface area contributed by atoms with Gasteiger partial charge in [-0.15, -0.1) is 0 Å². The van der Waals surface area contributed by atoms with Gasteiger partial charge in [-0.2, -0.15) is 5.26 Å². The van der Waals surface area contributed by atoms with Gasteiger partial charge in [-0.3, -0.25) is 4.79 Å². The minimum absolute atomic E-state index is 0.0476. The van der Waals surface area contributed by atoms with Crippen molar-refractivity contribution in [3.63, 3.8) is 0 Å². The third-order valence-electron chi connectivity index (χ3n) is 2.85. The summed E-state index contributed by atoms with van der Waals surface area (Å²) in [4.78, 5) is 17.8. The molecule has 0 aliphatic carbocycles. The van der Waals surface area contributed by atoms with Crippen LogP contribution in [-0.2, 0) is 4.79 Å². The lowest BCUT2D eigenvalue weighted by molar-refractivity contribution is -0.114. The van der Waals surface area contributed by atoms with E-state index in [1.165, 1.54) is 0 Å². The van der Waals surface area contributed by atoms with Gasteiger partial charge in [-0.05, 0) is 30.3 Å². The number of benzene rings is 1. The molecule has 5 nitrogen and oxygen atoms in total. The van der Waals surface area contributed by atoms with Crippen LogP contribution in [0.2, 0.25) is 10.0 Å². The van der Waals surface area contributed by atoms with E-state index >= 15 is 0 Å². The third-order valence-corrected chi connectivity index (χ3v) is 3.59. The molecule has 0 saturated carbocycles. The van der Waals surface area contributed by atoms with Crippen LogP contribution in [0.25, 0.3) is 0 Å². The number of amides is 1. The molecule has 22 heavy (non-hydrogen) atoms. The number of halogens is 2. The molecule has 0 aliphatic rings. The van der Waals surface area contributed by atoms with E-state index in [4.69, 9.17) is 28.5 Å². The summed E-state index contributed by atoms with van der Waals surface area (Å²) in [7, 11) is 1.69. The number of anilines is 2. The van der Waals surface area contributed by atoms with Crippen molar-refractivity contribution in [2.75, 3.05) is 23.8 Å². The molecule has 0 spiro atoms. The zero-order chi connectivity index (χ0) is 16.1. The average molecular weight is 335 g/mol. The quantitative estimate of drug-likeness (QED) is 0.930. The number of hydrogen-bond donors (Lipinski definition) is 1. The molecule has 112 valence electrons. The van der Waals surface area contributed by atoms with Gasteiger partial charge in [0, 0.05) is 18.9 Å². The van der Waals surface area contributed by atoms with Crippen LogP contribution >= 0.6 is 23.2 Å². The van der Waals surface area contributed by atoms with E-state index in [-0.39, 0.29) is 12.5 Å². The molecule has 7 heteroatoms. The SMILES string of the molecule is CN(CC(=O)Nc1ccc(Cl)c(Cl)c1)c1ncccc1C#N. The Labute approximate surface area is 138 Å². The first-order valence-electron chi connectivity index (χ1n) is 6.32. The lowest BCUT2D eigenvalue weighted by atomic mass is 10.2. The topological polar surface area (TPSA) is 69.0 Å². The second-order valence-corrected chi connectivity index (χ2v) is 5.33. The highest BCUT2D eigenvalue weighted by Gasteiger charge is 2.12.